The minimum absolute atomic E-state index is 0.0871. The topological polar surface area (TPSA) is 161 Å². The van der Waals surface area contributed by atoms with Crippen LogP contribution in [0.1, 0.15) is 11.8 Å². The van der Waals surface area contributed by atoms with Crippen molar-refractivity contribution in [2.75, 3.05) is 0 Å². The number of fused-ring (bicyclic) bond motifs is 1. The number of hydrogen-bond donors (Lipinski definition) is 4. The molecule has 12 heteroatoms. The van der Waals surface area contributed by atoms with E-state index in [4.69, 9.17) is 4.74 Å². The number of benzene rings is 1. The molecule has 164 valence electrons. The highest BCUT2D eigenvalue weighted by Gasteiger charge is 2.47. The third-order valence-electron chi connectivity index (χ3n) is 5.43. The zero-order valence-corrected chi connectivity index (χ0v) is 16.7. The van der Waals surface area contributed by atoms with Gasteiger partial charge in [-0.1, -0.05) is 6.07 Å². The molecule has 0 saturated carbocycles. The van der Waals surface area contributed by atoms with Crippen LogP contribution < -0.4 is 22.3 Å². The Kier molecular flexibility index (Phi) is 5.13. The highest BCUT2D eigenvalue weighted by Crippen LogP contribution is 2.28. The molecule has 1 aliphatic rings. The first kappa shape index (κ1) is 20.8. The molecule has 1 aliphatic heterocycles. The van der Waals surface area contributed by atoms with Gasteiger partial charge >= 0.3 is 11.4 Å². The number of carbonyl (C=O) groups excluding carboxylic acids is 1. The van der Waals surface area contributed by atoms with Gasteiger partial charge in [-0.05, 0) is 17.7 Å². The number of aromatic amines is 1. The summed E-state index contributed by atoms with van der Waals surface area (Å²) in [6.07, 6.45) is -4.80. The normalized spacial score (nSPS) is 23.4. The largest absolute Gasteiger partial charge is 0.387 e. The molecule has 4 rings (SSSR count). The van der Waals surface area contributed by atoms with Crippen molar-refractivity contribution < 1.29 is 19.7 Å². The number of amides is 1. The number of aryl methyl sites for hydroxylation is 2. The maximum atomic E-state index is 12.6. The van der Waals surface area contributed by atoms with E-state index in [1.165, 1.54) is 9.13 Å². The minimum atomic E-state index is -1.58. The number of rotatable bonds is 4. The van der Waals surface area contributed by atoms with Crippen molar-refractivity contribution in [2.24, 2.45) is 14.1 Å². The number of carbonyl (C=O) groups is 1. The molecule has 1 aromatic carbocycles. The maximum absolute atomic E-state index is 12.6. The molecule has 0 aliphatic carbocycles. The van der Waals surface area contributed by atoms with Crippen molar-refractivity contribution in [1.29, 1.82) is 0 Å². The Bertz CT molecular complexity index is 1330. The third kappa shape index (κ3) is 3.50. The Morgan fingerprint density at radius 2 is 1.81 bits per heavy atom. The van der Waals surface area contributed by atoms with Gasteiger partial charge in [0, 0.05) is 32.9 Å². The summed E-state index contributed by atoms with van der Waals surface area (Å²) in [5.41, 5.74) is 0.515. The Morgan fingerprint density at radius 3 is 2.52 bits per heavy atom. The van der Waals surface area contributed by atoms with Crippen LogP contribution in [0.4, 0.5) is 0 Å². The summed E-state index contributed by atoms with van der Waals surface area (Å²) in [4.78, 5) is 49.8. The molecule has 3 aromatic rings. The van der Waals surface area contributed by atoms with Gasteiger partial charge in [-0.25, -0.2) is 9.59 Å². The Balaban J connectivity index is 1.49. The fraction of sp³-hybridized carbons (Fsp3) is 0.368. The van der Waals surface area contributed by atoms with Crippen LogP contribution in [0, 0.1) is 0 Å². The molecule has 0 spiro atoms. The smallest absolute Gasteiger partial charge is 0.330 e. The number of aromatic nitrogens is 4. The summed E-state index contributed by atoms with van der Waals surface area (Å²) < 4.78 is 9.33. The molecule has 12 nitrogen and oxygen atoms in total. The molecule has 1 fully saturated rings. The summed E-state index contributed by atoms with van der Waals surface area (Å²) in [5, 5.41) is 23.1. The number of aliphatic hydroxyl groups excluding tert-OH is 2. The summed E-state index contributed by atoms with van der Waals surface area (Å²) in [6.45, 7) is 0.0871. The Labute approximate surface area is 173 Å². The van der Waals surface area contributed by atoms with E-state index >= 15 is 0 Å². The fourth-order valence-corrected chi connectivity index (χ4v) is 3.69. The second-order valence-electron chi connectivity index (χ2n) is 7.39. The van der Waals surface area contributed by atoms with Crippen LogP contribution in [0.15, 0.2) is 44.8 Å². The second kappa shape index (κ2) is 7.65. The van der Waals surface area contributed by atoms with E-state index in [-0.39, 0.29) is 12.2 Å². The zero-order chi connectivity index (χ0) is 22.4. The van der Waals surface area contributed by atoms with E-state index < -0.39 is 41.7 Å². The van der Waals surface area contributed by atoms with E-state index in [9.17, 15) is 29.4 Å². The van der Waals surface area contributed by atoms with Crippen LogP contribution in [0.2, 0.25) is 0 Å². The van der Waals surface area contributed by atoms with Gasteiger partial charge in [-0.3, -0.25) is 28.3 Å². The van der Waals surface area contributed by atoms with Gasteiger partial charge < -0.3 is 20.3 Å². The standard InChI is InChI=1S/C19H21N5O7/c1-22-10-4-3-9(7-11(10)23(2)19(22)30)8-20-16(28)15-13(26)14(27)17(31-15)24-6-5-12(25)21-18(24)29/h3-7,13-15,17,26-27H,8H2,1-2H3,(H,20,28)(H,21,25,29)/t13-,14+,15-,17+/m0/s1. The fourth-order valence-electron chi connectivity index (χ4n) is 3.69. The summed E-state index contributed by atoms with van der Waals surface area (Å²) in [7, 11) is 3.32. The second-order valence-corrected chi connectivity index (χ2v) is 7.39. The minimum Gasteiger partial charge on any atom is -0.387 e. The van der Waals surface area contributed by atoms with Crippen molar-refractivity contribution in [3.8, 4) is 0 Å². The lowest BCUT2D eigenvalue weighted by Gasteiger charge is -2.16. The van der Waals surface area contributed by atoms with Gasteiger partial charge in [-0.2, -0.15) is 0 Å². The zero-order valence-electron chi connectivity index (χ0n) is 16.7. The molecule has 4 N–H and O–H groups in total. The first-order valence-electron chi connectivity index (χ1n) is 9.44. The summed E-state index contributed by atoms with van der Waals surface area (Å²) in [5.74, 6) is -0.687. The van der Waals surface area contributed by atoms with Crippen LogP contribution in [-0.4, -0.2) is 53.1 Å². The van der Waals surface area contributed by atoms with Crippen LogP contribution in [-0.2, 0) is 30.2 Å². The average Bonchev–Trinajstić information content (AvgIpc) is 3.15. The SMILES string of the molecule is Cn1c(=O)n(C)c2cc(CNC(=O)[C@H]3O[C@@H](n4ccc(=O)[nH]c4=O)[C@H](O)[C@@H]3O)ccc21. The Morgan fingerprint density at radius 1 is 1.10 bits per heavy atom. The van der Waals surface area contributed by atoms with E-state index in [0.29, 0.717) is 11.1 Å². The van der Waals surface area contributed by atoms with Crippen molar-refractivity contribution in [2.45, 2.75) is 31.1 Å². The molecular weight excluding hydrogens is 410 g/mol. The van der Waals surface area contributed by atoms with Crippen LogP contribution in [0.5, 0.6) is 0 Å². The van der Waals surface area contributed by atoms with Gasteiger partial charge in [0.05, 0.1) is 11.0 Å². The lowest BCUT2D eigenvalue weighted by atomic mass is 10.1. The van der Waals surface area contributed by atoms with Gasteiger partial charge in [0.2, 0.25) is 0 Å². The maximum Gasteiger partial charge on any atom is 0.330 e. The molecule has 1 amide bonds. The van der Waals surface area contributed by atoms with Crippen molar-refractivity contribution in [1.82, 2.24) is 24.0 Å². The van der Waals surface area contributed by atoms with Crippen molar-refractivity contribution in [3.63, 3.8) is 0 Å². The molecule has 4 atom stereocenters. The van der Waals surface area contributed by atoms with Gasteiger partial charge in [0.15, 0.2) is 12.3 Å². The van der Waals surface area contributed by atoms with E-state index in [1.807, 2.05) is 4.98 Å². The number of nitrogens with zero attached hydrogens (tertiary/aromatic N) is 3. The van der Waals surface area contributed by atoms with Crippen LogP contribution in [0.3, 0.4) is 0 Å². The number of H-pyrrole nitrogens is 1. The van der Waals surface area contributed by atoms with Gasteiger partial charge in [-0.15, -0.1) is 0 Å². The number of nitrogens with one attached hydrogen (secondary N) is 2. The molecule has 0 bridgehead atoms. The molecule has 2 aromatic heterocycles. The highest BCUT2D eigenvalue weighted by molar-refractivity contribution is 5.82. The van der Waals surface area contributed by atoms with Crippen LogP contribution in [0.25, 0.3) is 11.0 Å². The number of imidazole rings is 1. The molecule has 31 heavy (non-hydrogen) atoms. The van der Waals surface area contributed by atoms with Crippen molar-refractivity contribution in [3.05, 3.63) is 67.3 Å². The summed E-state index contributed by atoms with van der Waals surface area (Å²) >= 11 is 0. The average molecular weight is 431 g/mol. The molecule has 0 radical (unpaired) electrons. The number of aliphatic hydroxyl groups is 2. The third-order valence-corrected chi connectivity index (χ3v) is 5.43. The van der Waals surface area contributed by atoms with Crippen molar-refractivity contribution >= 4 is 16.9 Å². The van der Waals surface area contributed by atoms with E-state index in [1.54, 1.807) is 32.3 Å². The predicted molar refractivity (Wildman–Crippen MR) is 107 cm³/mol. The lowest BCUT2D eigenvalue weighted by Crippen LogP contribution is -2.42. The summed E-state index contributed by atoms with van der Waals surface area (Å²) in [6, 6.07) is 6.35. The highest BCUT2D eigenvalue weighted by atomic mass is 16.6. The van der Waals surface area contributed by atoms with Gasteiger partial charge in [0.25, 0.3) is 11.5 Å². The molecule has 3 heterocycles. The van der Waals surface area contributed by atoms with Gasteiger partial charge in [0.1, 0.15) is 12.2 Å². The monoisotopic (exact) mass is 431 g/mol. The van der Waals surface area contributed by atoms with E-state index in [2.05, 4.69) is 5.32 Å². The predicted octanol–water partition coefficient (Wildman–Crippen LogP) is -2.34. The first-order valence-corrected chi connectivity index (χ1v) is 9.44. The Hall–Kier alpha value is -3.48. The molecule has 0 unspecified atom stereocenters. The molecular formula is C19H21N5O7. The van der Waals surface area contributed by atoms with E-state index in [0.717, 1.165) is 22.3 Å². The van der Waals surface area contributed by atoms with Crippen LogP contribution >= 0.6 is 0 Å². The molecule has 1 saturated heterocycles. The lowest BCUT2D eigenvalue weighted by molar-refractivity contribution is -0.138. The number of hydrogen-bond acceptors (Lipinski definition) is 7. The quantitative estimate of drug-likeness (QED) is 0.360. The number of ether oxygens (including phenoxy) is 1. The first-order chi connectivity index (χ1) is 14.7.